The van der Waals surface area contributed by atoms with Crippen molar-refractivity contribution in [3.05, 3.63) is 92.9 Å². The van der Waals surface area contributed by atoms with Crippen LogP contribution in [0.1, 0.15) is 48.8 Å². The Morgan fingerprint density at radius 2 is 1.91 bits per heavy atom. The zero-order valence-electron chi connectivity index (χ0n) is 19.4. The second kappa shape index (κ2) is 9.21. The Hall–Kier alpha value is -2.45. The van der Waals surface area contributed by atoms with Crippen LogP contribution >= 0.6 is 23.2 Å². The molecule has 0 unspecified atom stereocenters. The van der Waals surface area contributed by atoms with E-state index in [1.165, 1.54) is 30.3 Å². The summed E-state index contributed by atoms with van der Waals surface area (Å²) in [6, 6.07) is 9.89. The predicted molar refractivity (Wildman–Crippen MR) is 131 cm³/mol. The van der Waals surface area contributed by atoms with Gasteiger partial charge in [0.1, 0.15) is 29.2 Å². The van der Waals surface area contributed by atoms with Crippen molar-refractivity contribution in [2.45, 2.75) is 56.1 Å². The van der Waals surface area contributed by atoms with Gasteiger partial charge in [0.15, 0.2) is 0 Å². The third kappa shape index (κ3) is 4.47. The second-order valence-electron chi connectivity index (χ2n) is 9.71. The van der Waals surface area contributed by atoms with Crippen molar-refractivity contribution in [2.75, 3.05) is 0 Å². The summed E-state index contributed by atoms with van der Waals surface area (Å²) in [4.78, 5) is 12.4. The Bertz CT molecular complexity index is 1280. The number of benzene rings is 2. The number of hydrogen-bond acceptors (Lipinski definition) is 4. The molecule has 0 amide bonds. The van der Waals surface area contributed by atoms with Crippen molar-refractivity contribution in [1.29, 1.82) is 0 Å². The van der Waals surface area contributed by atoms with Crippen LogP contribution in [0.4, 0.5) is 8.78 Å². The van der Waals surface area contributed by atoms with Gasteiger partial charge in [-0.15, -0.1) is 0 Å². The summed E-state index contributed by atoms with van der Waals surface area (Å²) in [6.07, 6.45) is 0.265. The van der Waals surface area contributed by atoms with Crippen LogP contribution < -0.4 is 11.1 Å². The highest BCUT2D eigenvalue weighted by molar-refractivity contribution is 6.31. The monoisotopic (exact) mass is 522 g/mol. The minimum Gasteiger partial charge on any atom is -0.480 e. The van der Waals surface area contributed by atoms with Crippen LogP contribution in [0.3, 0.4) is 0 Å². The summed E-state index contributed by atoms with van der Waals surface area (Å²) >= 11 is 12.0. The van der Waals surface area contributed by atoms with Gasteiger partial charge in [-0.05, 0) is 49.2 Å². The number of nitrogens with two attached hydrogens (primary N) is 1. The van der Waals surface area contributed by atoms with Gasteiger partial charge in [0.25, 0.3) is 0 Å². The van der Waals surface area contributed by atoms with Crippen molar-refractivity contribution in [1.82, 2.24) is 5.32 Å². The molecule has 0 saturated carbocycles. The van der Waals surface area contributed by atoms with Gasteiger partial charge < -0.3 is 15.3 Å². The number of carboxylic acid groups (broad SMARTS) is 1. The fourth-order valence-corrected chi connectivity index (χ4v) is 5.53. The topological polar surface area (TPSA) is 88.5 Å². The minimum atomic E-state index is -1.68. The van der Waals surface area contributed by atoms with E-state index in [-0.39, 0.29) is 27.6 Å². The standard InChI is InChI=1S/C26H26Cl2F2N2O3/c1-13-7-10-20(35-13)25(2,3)12-19-26(31,16-9-8-14(27)11-18(16)29)21(23(32-19)24(33)34)15-5-4-6-17(28)22(15)30/h4-11,19,21,23,32H,12,31H2,1-3H3,(H,33,34)/t19-,21-,23+,26+/m0/s1. The molecule has 186 valence electrons. The van der Waals surface area contributed by atoms with Crippen molar-refractivity contribution in [3.8, 4) is 0 Å². The van der Waals surface area contributed by atoms with Crippen molar-refractivity contribution >= 4 is 29.2 Å². The van der Waals surface area contributed by atoms with Crippen LogP contribution in [0.15, 0.2) is 52.9 Å². The van der Waals surface area contributed by atoms with E-state index in [0.29, 0.717) is 5.76 Å². The van der Waals surface area contributed by atoms with Crippen molar-refractivity contribution in [3.63, 3.8) is 0 Å². The number of carboxylic acids is 1. The lowest BCUT2D eigenvalue weighted by Gasteiger charge is -2.40. The molecular formula is C26H26Cl2F2N2O3. The Morgan fingerprint density at radius 3 is 2.51 bits per heavy atom. The van der Waals surface area contributed by atoms with E-state index in [2.05, 4.69) is 5.32 Å². The Balaban J connectivity index is 1.93. The third-order valence-corrected chi connectivity index (χ3v) is 7.43. The molecule has 9 heteroatoms. The van der Waals surface area contributed by atoms with E-state index in [9.17, 15) is 9.90 Å². The highest BCUT2D eigenvalue weighted by Gasteiger charge is 2.59. The van der Waals surface area contributed by atoms with Crippen molar-refractivity contribution in [2.24, 2.45) is 5.73 Å². The maximum atomic E-state index is 15.4. The molecule has 4 rings (SSSR count). The van der Waals surface area contributed by atoms with Gasteiger partial charge in [-0.1, -0.05) is 55.2 Å². The van der Waals surface area contributed by atoms with Crippen LogP contribution in [-0.4, -0.2) is 23.2 Å². The van der Waals surface area contributed by atoms with E-state index in [1.807, 2.05) is 32.9 Å². The summed E-state index contributed by atoms with van der Waals surface area (Å²) in [6.45, 7) is 5.67. The van der Waals surface area contributed by atoms with Gasteiger partial charge in [-0.3, -0.25) is 10.1 Å². The van der Waals surface area contributed by atoms with Crippen molar-refractivity contribution < 1.29 is 23.1 Å². The van der Waals surface area contributed by atoms with Gasteiger partial charge in [0, 0.05) is 28.0 Å². The van der Waals surface area contributed by atoms with E-state index in [4.69, 9.17) is 33.4 Å². The SMILES string of the molecule is Cc1ccc(C(C)(C)C[C@@H]2N[C@@H](C(=O)O)[C@H](c3cccc(Cl)c3F)[C@@]2(N)c2ccc(Cl)cc2F)o1. The molecular weight excluding hydrogens is 497 g/mol. The molecule has 4 N–H and O–H groups in total. The fraction of sp³-hybridized carbons (Fsp3) is 0.346. The Kier molecular flexibility index (Phi) is 6.74. The maximum Gasteiger partial charge on any atom is 0.321 e. The largest absolute Gasteiger partial charge is 0.480 e. The first kappa shape index (κ1) is 25.6. The minimum absolute atomic E-state index is 0.0107. The van der Waals surface area contributed by atoms with Gasteiger partial charge >= 0.3 is 5.97 Å². The molecule has 1 fully saturated rings. The first-order valence-corrected chi connectivity index (χ1v) is 11.9. The molecule has 35 heavy (non-hydrogen) atoms. The van der Waals surface area contributed by atoms with Crippen LogP contribution in [-0.2, 0) is 15.7 Å². The lowest BCUT2D eigenvalue weighted by Crippen LogP contribution is -2.53. The van der Waals surface area contributed by atoms with Gasteiger partial charge in [0.05, 0.1) is 10.6 Å². The lowest BCUT2D eigenvalue weighted by molar-refractivity contribution is -0.139. The molecule has 0 spiro atoms. The Morgan fingerprint density at radius 1 is 1.20 bits per heavy atom. The van der Waals surface area contributed by atoms with Crippen LogP contribution in [0, 0.1) is 18.6 Å². The smallest absolute Gasteiger partial charge is 0.321 e. The van der Waals surface area contributed by atoms with Crippen LogP contribution in [0.25, 0.3) is 0 Å². The highest BCUT2D eigenvalue weighted by Crippen LogP contribution is 2.50. The zero-order valence-corrected chi connectivity index (χ0v) is 20.9. The molecule has 1 aliphatic rings. The molecule has 1 saturated heterocycles. The number of halogens is 4. The molecule has 0 bridgehead atoms. The predicted octanol–water partition coefficient (Wildman–Crippen LogP) is 5.90. The van der Waals surface area contributed by atoms with Crippen LogP contribution in [0.5, 0.6) is 0 Å². The fourth-order valence-electron chi connectivity index (χ4n) is 5.19. The average molecular weight is 523 g/mol. The van der Waals surface area contributed by atoms with E-state index in [1.54, 1.807) is 0 Å². The second-order valence-corrected chi connectivity index (χ2v) is 10.6. The van der Waals surface area contributed by atoms with Gasteiger partial charge in [-0.2, -0.15) is 0 Å². The molecule has 1 aliphatic heterocycles. The molecule has 3 aromatic rings. The molecule has 4 atom stereocenters. The number of hydrogen-bond donors (Lipinski definition) is 3. The highest BCUT2D eigenvalue weighted by atomic mass is 35.5. The molecule has 2 heterocycles. The van der Waals surface area contributed by atoms with E-state index >= 15 is 8.78 Å². The number of rotatable bonds is 6. The number of nitrogens with one attached hydrogen (secondary N) is 1. The molecule has 5 nitrogen and oxygen atoms in total. The Labute approximate surface area is 212 Å². The first-order valence-electron chi connectivity index (χ1n) is 11.1. The van der Waals surface area contributed by atoms with Crippen LogP contribution in [0.2, 0.25) is 10.0 Å². The number of carbonyl (C=O) groups is 1. The molecule has 2 aromatic carbocycles. The summed E-state index contributed by atoms with van der Waals surface area (Å²) < 4.78 is 36.5. The van der Waals surface area contributed by atoms with Gasteiger partial charge in [-0.25, -0.2) is 8.78 Å². The summed E-state index contributed by atoms with van der Waals surface area (Å²) in [7, 11) is 0. The summed E-state index contributed by atoms with van der Waals surface area (Å²) in [5, 5.41) is 13.2. The summed E-state index contributed by atoms with van der Waals surface area (Å²) in [5.41, 5.74) is 4.76. The lowest BCUT2D eigenvalue weighted by atomic mass is 9.68. The average Bonchev–Trinajstić information content (AvgIpc) is 3.33. The zero-order chi connectivity index (χ0) is 25.7. The number of aliphatic carboxylic acids is 1. The molecule has 1 aromatic heterocycles. The maximum absolute atomic E-state index is 15.4. The third-order valence-electron chi connectivity index (χ3n) is 6.91. The summed E-state index contributed by atoms with van der Waals surface area (Å²) in [5.74, 6) is -2.55. The van der Waals surface area contributed by atoms with Gasteiger partial charge in [0.2, 0.25) is 0 Å². The van der Waals surface area contributed by atoms with E-state index in [0.717, 1.165) is 11.8 Å². The molecule has 0 radical (unpaired) electrons. The normalized spacial score (nSPS) is 24.6. The quantitative estimate of drug-likeness (QED) is 0.374. The number of furan rings is 1. The first-order chi connectivity index (χ1) is 16.4. The number of aryl methyl sites for hydroxylation is 1. The molecule has 0 aliphatic carbocycles. The van der Waals surface area contributed by atoms with E-state index < -0.39 is 46.6 Å².